The molecule has 1 saturated heterocycles. The molecule has 1 heterocycles. The van der Waals surface area contributed by atoms with Gasteiger partial charge in [0.15, 0.2) is 0 Å². The molecule has 1 aliphatic rings. The molecular formula is C18H30N2O. The van der Waals surface area contributed by atoms with Crippen molar-refractivity contribution in [2.75, 3.05) is 26.2 Å². The summed E-state index contributed by atoms with van der Waals surface area (Å²) in [6.07, 6.45) is 4.04. The van der Waals surface area contributed by atoms with E-state index in [4.69, 9.17) is 4.74 Å². The first-order chi connectivity index (χ1) is 10.2. The lowest BCUT2D eigenvalue weighted by Gasteiger charge is -2.35. The van der Waals surface area contributed by atoms with E-state index < -0.39 is 0 Å². The van der Waals surface area contributed by atoms with E-state index in [1.165, 1.54) is 24.8 Å². The van der Waals surface area contributed by atoms with Gasteiger partial charge in [-0.15, -0.1) is 0 Å². The van der Waals surface area contributed by atoms with Crippen molar-refractivity contribution in [1.82, 2.24) is 10.2 Å². The van der Waals surface area contributed by atoms with E-state index in [0.29, 0.717) is 6.04 Å². The predicted molar refractivity (Wildman–Crippen MR) is 88.9 cm³/mol. The molecule has 0 spiro atoms. The third kappa shape index (κ3) is 5.01. The summed E-state index contributed by atoms with van der Waals surface area (Å²) in [7, 11) is 0. The van der Waals surface area contributed by atoms with Crippen LogP contribution in [0.3, 0.4) is 0 Å². The molecule has 0 bridgehead atoms. The fourth-order valence-corrected chi connectivity index (χ4v) is 2.99. The quantitative estimate of drug-likeness (QED) is 0.830. The maximum atomic E-state index is 5.75. The van der Waals surface area contributed by atoms with Gasteiger partial charge in [-0.1, -0.05) is 31.9 Å². The van der Waals surface area contributed by atoms with Crippen LogP contribution in [0.15, 0.2) is 24.3 Å². The van der Waals surface area contributed by atoms with Gasteiger partial charge < -0.3 is 10.1 Å². The highest BCUT2D eigenvalue weighted by Gasteiger charge is 2.21. The molecule has 1 aliphatic heterocycles. The summed E-state index contributed by atoms with van der Waals surface area (Å²) >= 11 is 0. The van der Waals surface area contributed by atoms with E-state index in [-0.39, 0.29) is 6.10 Å². The number of nitrogens with zero attached hydrogens (tertiary/aromatic N) is 1. The van der Waals surface area contributed by atoms with Crippen molar-refractivity contribution in [1.29, 1.82) is 0 Å². The maximum Gasteiger partial charge on any atom is 0.119 e. The normalized spacial score (nSPS) is 17.9. The Morgan fingerprint density at radius 2 is 1.81 bits per heavy atom. The Hall–Kier alpha value is -1.06. The first-order valence-corrected chi connectivity index (χ1v) is 8.42. The number of hydrogen-bond acceptors (Lipinski definition) is 3. The SMILES string of the molecule is CCCC[C@@H](c1ccc(OC(C)C)cc1)N1CCNCC1. The maximum absolute atomic E-state index is 5.75. The first-order valence-electron chi connectivity index (χ1n) is 8.42. The Kier molecular flexibility index (Phi) is 6.52. The Bertz CT molecular complexity index is 396. The van der Waals surface area contributed by atoms with Crippen LogP contribution in [0.1, 0.15) is 51.6 Å². The molecule has 0 unspecified atom stereocenters. The summed E-state index contributed by atoms with van der Waals surface area (Å²) in [4.78, 5) is 2.63. The van der Waals surface area contributed by atoms with Crippen LogP contribution in [-0.2, 0) is 0 Å². The Labute approximate surface area is 129 Å². The summed E-state index contributed by atoms with van der Waals surface area (Å²) < 4.78 is 5.75. The Balaban J connectivity index is 2.07. The Morgan fingerprint density at radius 1 is 1.14 bits per heavy atom. The van der Waals surface area contributed by atoms with Gasteiger partial charge in [0, 0.05) is 32.2 Å². The Morgan fingerprint density at radius 3 is 2.38 bits per heavy atom. The second-order valence-corrected chi connectivity index (χ2v) is 6.18. The van der Waals surface area contributed by atoms with Crippen LogP contribution in [0.5, 0.6) is 5.75 Å². The van der Waals surface area contributed by atoms with Gasteiger partial charge in [-0.25, -0.2) is 0 Å². The average Bonchev–Trinajstić information content (AvgIpc) is 2.50. The number of piperazine rings is 1. The third-order valence-corrected chi connectivity index (χ3v) is 4.06. The van der Waals surface area contributed by atoms with Gasteiger partial charge in [0.1, 0.15) is 5.75 Å². The summed E-state index contributed by atoms with van der Waals surface area (Å²) in [5.41, 5.74) is 1.43. The highest BCUT2D eigenvalue weighted by atomic mass is 16.5. The third-order valence-electron chi connectivity index (χ3n) is 4.06. The van der Waals surface area contributed by atoms with Gasteiger partial charge >= 0.3 is 0 Å². The highest BCUT2D eigenvalue weighted by Crippen LogP contribution is 2.28. The first kappa shape index (κ1) is 16.3. The smallest absolute Gasteiger partial charge is 0.119 e. The van der Waals surface area contributed by atoms with E-state index in [9.17, 15) is 0 Å². The number of nitrogens with one attached hydrogen (secondary N) is 1. The van der Waals surface area contributed by atoms with Gasteiger partial charge in [0.25, 0.3) is 0 Å². The molecule has 2 rings (SSSR count). The number of benzene rings is 1. The number of unbranched alkanes of at least 4 members (excludes halogenated alkanes) is 1. The highest BCUT2D eigenvalue weighted by molar-refractivity contribution is 5.29. The van der Waals surface area contributed by atoms with Crippen molar-refractivity contribution < 1.29 is 4.74 Å². The molecule has 1 N–H and O–H groups in total. The lowest BCUT2D eigenvalue weighted by atomic mass is 9.98. The predicted octanol–water partition coefficient (Wildman–Crippen LogP) is 3.61. The van der Waals surface area contributed by atoms with Crippen LogP contribution in [0, 0.1) is 0 Å². The van der Waals surface area contributed by atoms with E-state index >= 15 is 0 Å². The van der Waals surface area contributed by atoms with Gasteiger partial charge in [-0.3, -0.25) is 4.90 Å². The minimum atomic E-state index is 0.236. The van der Waals surface area contributed by atoms with Crippen LogP contribution >= 0.6 is 0 Å². The van der Waals surface area contributed by atoms with Crippen molar-refractivity contribution in [2.45, 2.75) is 52.2 Å². The van der Waals surface area contributed by atoms with E-state index in [2.05, 4.69) is 55.3 Å². The molecule has 21 heavy (non-hydrogen) atoms. The molecule has 0 amide bonds. The molecule has 0 radical (unpaired) electrons. The molecule has 1 aromatic rings. The zero-order valence-corrected chi connectivity index (χ0v) is 13.8. The van der Waals surface area contributed by atoms with Crippen LogP contribution in [-0.4, -0.2) is 37.2 Å². The monoisotopic (exact) mass is 290 g/mol. The molecule has 3 heteroatoms. The zero-order chi connectivity index (χ0) is 15.1. The van der Waals surface area contributed by atoms with Gasteiger partial charge in [-0.2, -0.15) is 0 Å². The molecule has 0 saturated carbocycles. The fraction of sp³-hybridized carbons (Fsp3) is 0.667. The van der Waals surface area contributed by atoms with Crippen molar-refractivity contribution in [2.24, 2.45) is 0 Å². The lowest BCUT2D eigenvalue weighted by Crippen LogP contribution is -2.45. The number of ether oxygens (including phenoxy) is 1. The summed E-state index contributed by atoms with van der Waals surface area (Å²) in [5.74, 6) is 0.975. The van der Waals surface area contributed by atoms with Crippen LogP contribution in [0.2, 0.25) is 0 Å². The summed E-state index contributed by atoms with van der Waals surface area (Å²) in [6, 6.07) is 9.30. The number of rotatable bonds is 7. The van der Waals surface area contributed by atoms with E-state index in [1.807, 2.05) is 0 Å². The molecule has 118 valence electrons. The minimum Gasteiger partial charge on any atom is -0.491 e. The molecule has 1 aromatic carbocycles. The lowest BCUT2D eigenvalue weighted by molar-refractivity contribution is 0.163. The molecule has 0 aliphatic carbocycles. The fourth-order valence-electron chi connectivity index (χ4n) is 2.99. The molecule has 0 aromatic heterocycles. The summed E-state index contributed by atoms with van der Waals surface area (Å²) in [5, 5.41) is 3.45. The van der Waals surface area contributed by atoms with Crippen LogP contribution < -0.4 is 10.1 Å². The average molecular weight is 290 g/mol. The van der Waals surface area contributed by atoms with Gasteiger partial charge in [0.05, 0.1) is 6.10 Å². The molecule has 3 nitrogen and oxygen atoms in total. The van der Waals surface area contributed by atoms with Crippen LogP contribution in [0.25, 0.3) is 0 Å². The molecular weight excluding hydrogens is 260 g/mol. The minimum absolute atomic E-state index is 0.236. The second-order valence-electron chi connectivity index (χ2n) is 6.18. The number of hydrogen-bond donors (Lipinski definition) is 1. The molecule has 1 atom stereocenters. The van der Waals surface area contributed by atoms with Crippen molar-refractivity contribution in [3.8, 4) is 5.75 Å². The van der Waals surface area contributed by atoms with Gasteiger partial charge in [0.2, 0.25) is 0 Å². The standard InChI is InChI=1S/C18H30N2O/c1-4-5-6-18(20-13-11-19-12-14-20)16-7-9-17(10-8-16)21-15(2)3/h7-10,15,18-19H,4-6,11-14H2,1-3H3/t18-/m0/s1. The molecule has 1 fully saturated rings. The van der Waals surface area contributed by atoms with E-state index in [1.54, 1.807) is 0 Å². The zero-order valence-electron chi connectivity index (χ0n) is 13.8. The van der Waals surface area contributed by atoms with Gasteiger partial charge in [-0.05, 0) is 38.0 Å². The van der Waals surface area contributed by atoms with Crippen LogP contribution in [0.4, 0.5) is 0 Å². The van der Waals surface area contributed by atoms with Crippen molar-refractivity contribution in [3.63, 3.8) is 0 Å². The van der Waals surface area contributed by atoms with Crippen molar-refractivity contribution >= 4 is 0 Å². The topological polar surface area (TPSA) is 24.5 Å². The van der Waals surface area contributed by atoms with Crippen molar-refractivity contribution in [3.05, 3.63) is 29.8 Å². The second kappa shape index (κ2) is 8.40. The summed E-state index contributed by atoms with van der Waals surface area (Å²) in [6.45, 7) is 10.9. The largest absolute Gasteiger partial charge is 0.491 e. The van der Waals surface area contributed by atoms with E-state index in [0.717, 1.165) is 31.9 Å².